The number of nitrogens with zero attached hydrogens (tertiary/aromatic N) is 3. The van der Waals surface area contributed by atoms with Gasteiger partial charge in [0.15, 0.2) is 5.13 Å². The molecule has 1 saturated heterocycles. The predicted octanol–water partition coefficient (Wildman–Crippen LogP) is 0.923. The van der Waals surface area contributed by atoms with Gasteiger partial charge in [-0.3, -0.25) is 0 Å². The van der Waals surface area contributed by atoms with Gasteiger partial charge >= 0.3 is 0 Å². The van der Waals surface area contributed by atoms with E-state index in [9.17, 15) is 8.42 Å². The number of hydrogen-bond acceptors (Lipinski definition) is 5. The lowest BCUT2D eigenvalue weighted by Gasteiger charge is -2.33. The predicted molar refractivity (Wildman–Crippen MR) is 70.1 cm³/mol. The van der Waals surface area contributed by atoms with Crippen LogP contribution in [-0.4, -0.2) is 49.6 Å². The van der Waals surface area contributed by atoms with Crippen molar-refractivity contribution in [2.75, 3.05) is 36.8 Å². The summed E-state index contributed by atoms with van der Waals surface area (Å²) in [4.78, 5) is 7.66. The van der Waals surface area contributed by atoms with Gasteiger partial charge in [-0.15, -0.1) is 11.3 Å². The molecule has 0 aromatic carbocycles. The van der Waals surface area contributed by atoms with Crippen LogP contribution in [0, 0.1) is 6.92 Å². The first-order chi connectivity index (χ1) is 8.03. The van der Waals surface area contributed by atoms with Crippen molar-refractivity contribution < 1.29 is 8.42 Å². The van der Waals surface area contributed by atoms with Gasteiger partial charge < -0.3 is 4.90 Å². The van der Waals surface area contributed by atoms with Crippen LogP contribution in [-0.2, 0) is 10.0 Å². The Hall–Kier alpha value is -0.660. The van der Waals surface area contributed by atoms with Crippen molar-refractivity contribution in [3.05, 3.63) is 11.1 Å². The molecule has 7 heteroatoms. The Labute approximate surface area is 106 Å². The third-order valence-corrected chi connectivity index (χ3v) is 5.73. The number of thiazole rings is 1. The summed E-state index contributed by atoms with van der Waals surface area (Å²) in [5.41, 5.74) is 0. The van der Waals surface area contributed by atoms with Gasteiger partial charge in [0.2, 0.25) is 10.0 Å². The Balaban J connectivity index is 1.99. The average Bonchev–Trinajstić information content (AvgIpc) is 2.76. The molecular formula is C10H17N3O2S2. The van der Waals surface area contributed by atoms with Crippen molar-refractivity contribution in [2.45, 2.75) is 13.8 Å². The van der Waals surface area contributed by atoms with Crippen molar-refractivity contribution in [1.82, 2.24) is 9.29 Å². The summed E-state index contributed by atoms with van der Waals surface area (Å²) in [6.07, 6.45) is 1.86. The summed E-state index contributed by atoms with van der Waals surface area (Å²) in [6, 6.07) is 0. The largest absolute Gasteiger partial charge is 0.345 e. The third-order valence-electron chi connectivity index (χ3n) is 2.88. The molecule has 1 aromatic heterocycles. The van der Waals surface area contributed by atoms with Crippen molar-refractivity contribution >= 4 is 26.5 Å². The topological polar surface area (TPSA) is 53.5 Å². The van der Waals surface area contributed by atoms with Crippen molar-refractivity contribution in [3.63, 3.8) is 0 Å². The van der Waals surface area contributed by atoms with Gasteiger partial charge in [0.1, 0.15) is 0 Å². The molecule has 1 aliphatic heterocycles. The first-order valence-electron chi connectivity index (χ1n) is 5.68. The monoisotopic (exact) mass is 275 g/mol. The lowest BCUT2D eigenvalue weighted by atomic mass is 10.4. The normalized spacial score (nSPS) is 18.6. The fraction of sp³-hybridized carbons (Fsp3) is 0.700. The molecule has 0 spiro atoms. The molecule has 0 amide bonds. The number of sulfonamides is 1. The number of rotatable bonds is 3. The minimum absolute atomic E-state index is 0.184. The fourth-order valence-electron chi connectivity index (χ4n) is 1.83. The maximum absolute atomic E-state index is 11.7. The molecule has 2 heterocycles. The van der Waals surface area contributed by atoms with Crippen molar-refractivity contribution in [2.24, 2.45) is 0 Å². The standard InChI is InChI=1S/C10H17N3O2S2/c1-3-17(14,15)13-6-4-12(5-7-13)10-11-8-9(2)16-10/h8H,3-7H2,1-2H3. The van der Waals surface area contributed by atoms with E-state index in [4.69, 9.17) is 0 Å². The maximum atomic E-state index is 11.7. The molecule has 0 bridgehead atoms. The van der Waals surface area contributed by atoms with Gasteiger partial charge in [0.05, 0.1) is 5.75 Å². The Morgan fingerprint density at radius 2 is 2.00 bits per heavy atom. The SMILES string of the molecule is CCS(=O)(=O)N1CCN(c2ncc(C)s2)CC1. The molecule has 5 nitrogen and oxygen atoms in total. The van der Waals surface area contributed by atoms with E-state index in [1.807, 2.05) is 13.1 Å². The van der Waals surface area contributed by atoms with Crippen LogP contribution in [0.1, 0.15) is 11.8 Å². The molecule has 17 heavy (non-hydrogen) atoms. The van der Waals surface area contributed by atoms with Crippen molar-refractivity contribution in [1.29, 1.82) is 0 Å². The highest BCUT2D eigenvalue weighted by Gasteiger charge is 2.26. The summed E-state index contributed by atoms with van der Waals surface area (Å²) in [5.74, 6) is 0.184. The second-order valence-corrected chi connectivity index (χ2v) is 7.51. The lowest BCUT2D eigenvalue weighted by Crippen LogP contribution is -2.49. The first-order valence-corrected chi connectivity index (χ1v) is 8.10. The van der Waals surface area contributed by atoms with E-state index in [1.54, 1.807) is 22.6 Å². The molecular weight excluding hydrogens is 258 g/mol. The Bertz CT molecular complexity index is 475. The van der Waals surface area contributed by atoms with E-state index < -0.39 is 10.0 Å². The highest BCUT2D eigenvalue weighted by atomic mass is 32.2. The summed E-state index contributed by atoms with van der Waals surface area (Å²) in [6.45, 7) is 6.30. The summed E-state index contributed by atoms with van der Waals surface area (Å²) < 4.78 is 25.0. The molecule has 0 atom stereocenters. The fourth-order valence-corrected chi connectivity index (χ4v) is 3.72. The van der Waals surface area contributed by atoms with E-state index in [1.165, 1.54) is 4.88 Å². The number of hydrogen-bond donors (Lipinski definition) is 0. The minimum atomic E-state index is -3.03. The van der Waals surface area contributed by atoms with Crippen molar-refractivity contribution in [3.8, 4) is 0 Å². The van der Waals surface area contributed by atoms with Gasteiger partial charge in [-0.2, -0.15) is 4.31 Å². The summed E-state index contributed by atoms with van der Waals surface area (Å²) in [5, 5.41) is 0.996. The van der Waals surface area contributed by atoms with Gasteiger partial charge in [-0.25, -0.2) is 13.4 Å². The molecule has 0 aliphatic carbocycles. The first kappa shape index (κ1) is 12.8. The van der Waals surface area contributed by atoms with E-state index >= 15 is 0 Å². The van der Waals surface area contributed by atoms with Crippen LogP contribution in [0.2, 0.25) is 0 Å². The second-order valence-electron chi connectivity index (χ2n) is 4.04. The van der Waals surface area contributed by atoms with Crippen LogP contribution in [0.3, 0.4) is 0 Å². The molecule has 2 rings (SSSR count). The Morgan fingerprint density at radius 1 is 1.35 bits per heavy atom. The Morgan fingerprint density at radius 3 is 2.47 bits per heavy atom. The van der Waals surface area contributed by atoms with Gasteiger partial charge in [-0.1, -0.05) is 0 Å². The van der Waals surface area contributed by atoms with Crippen LogP contribution < -0.4 is 4.90 Å². The van der Waals surface area contributed by atoms with Crippen LogP contribution in [0.5, 0.6) is 0 Å². The Kier molecular flexibility index (Phi) is 3.70. The molecule has 1 fully saturated rings. The quantitative estimate of drug-likeness (QED) is 0.823. The molecule has 0 unspecified atom stereocenters. The molecule has 1 aromatic rings. The summed E-state index contributed by atoms with van der Waals surface area (Å²) in [7, 11) is -3.03. The van der Waals surface area contributed by atoms with E-state index in [-0.39, 0.29) is 5.75 Å². The van der Waals surface area contributed by atoms with Gasteiger partial charge in [0.25, 0.3) is 0 Å². The zero-order chi connectivity index (χ0) is 12.5. The number of aryl methyl sites for hydroxylation is 1. The average molecular weight is 275 g/mol. The highest BCUT2D eigenvalue weighted by Crippen LogP contribution is 2.23. The van der Waals surface area contributed by atoms with Crippen LogP contribution in [0.15, 0.2) is 6.20 Å². The number of aromatic nitrogens is 1. The summed E-state index contributed by atoms with van der Waals surface area (Å²) >= 11 is 1.66. The van der Waals surface area contributed by atoms with Gasteiger partial charge in [0, 0.05) is 37.3 Å². The zero-order valence-electron chi connectivity index (χ0n) is 10.1. The van der Waals surface area contributed by atoms with Crippen LogP contribution in [0.25, 0.3) is 0 Å². The molecule has 0 N–H and O–H groups in total. The lowest BCUT2D eigenvalue weighted by molar-refractivity contribution is 0.385. The minimum Gasteiger partial charge on any atom is -0.345 e. The van der Waals surface area contributed by atoms with Crippen LogP contribution in [0.4, 0.5) is 5.13 Å². The number of anilines is 1. The smallest absolute Gasteiger partial charge is 0.213 e. The zero-order valence-corrected chi connectivity index (χ0v) is 11.7. The van der Waals surface area contributed by atoms with E-state index in [0.29, 0.717) is 13.1 Å². The molecule has 96 valence electrons. The van der Waals surface area contributed by atoms with Crippen LogP contribution >= 0.6 is 11.3 Å². The highest BCUT2D eigenvalue weighted by molar-refractivity contribution is 7.89. The second kappa shape index (κ2) is 4.91. The van der Waals surface area contributed by atoms with E-state index in [2.05, 4.69) is 9.88 Å². The van der Waals surface area contributed by atoms with E-state index in [0.717, 1.165) is 18.2 Å². The maximum Gasteiger partial charge on any atom is 0.213 e. The molecule has 0 radical (unpaired) electrons. The van der Waals surface area contributed by atoms with Gasteiger partial charge in [-0.05, 0) is 13.8 Å². The third kappa shape index (κ3) is 2.78. The number of piperazine rings is 1. The molecule has 0 saturated carbocycles. The molecule has 1 aliphatic rings.